The van der Waals surface area contributed by atoms with E-state index in [1.165, 1.54) is 122 Å². The summed E-state index contributed by atoms with van der Waals surface area (Å²) in [6, 6.07) is 0. The van der Waals surface area contributed by atoms with E-state index in [0.29, 0.717) is 12.8 Å². The summed E-state index contributed by atoms with van der Waals surface area (Å²) in [7, 11) is -4.39. The summed E-state index contributed by atoms with van der Waals surface area (Å²) < 4.78 is 32.8. The largest absolute Gasteiger partial charge is 0.472 e. The number of unbranched alkanes of at least 4 members (excludes halogenated alkanes) is 24. The number of hydrogen-bond acceptors (Lipinski definition) is 8. The monoisotopic (exact) mass is 852 g/mol. The molecule has 0 aliphatic heterocycles. The van der Waals surface area contributed by atoms with E-state index in [1.54, 1.807) is 0 Å². The van der Waals surface area contributed by atoms with Gasteiger partial charge in [0.2, 0.25) is 0 Å². The molecule has 0 heterocycles. The van der Waals surface area contributed by atoms with Crippen LogP contribution < -0.4 is 5.73 Å². The van der Waals surface area contributed by atoms with Gasteiger partial charge in [0.25, 0.3) is 0 Å². The van der Waals surface area contributed by atoms with Crippen molar-refractivity contribution in [2.24, 2.45) is 5.73 Å². The van der Waals surface area contributed by atoms with Crippen LogP contribution in [0.15, 0.2) is 48.6 Å². The number of rotatable bonds is 45. The van der Waals surface area contributed by atoms with E-state index < -0.39 is 32.5 Å². The Morgan fingerprint density at radius 1 is 0.508 bits per heavy atom. The minimum Gasteiger partial charge on any atom is -0.462 e. The van der Waals surface area contributed by atoms with Gasteiger partial charge < -0.3 is 20.1 Å². The van der Waals surface area contributed by atoms with Crippen molar-refractivity contribution < 1.29 is 37.6 Å². The molecule has 0 radical (unpaired) electrons. The number of hydrogen-bond donors (Lipinski definition) is 2. The fourth-order valence-corrected chi connectivity index (χ4v) is 7.39. The molecule has 59 heavy (non-hydrogen) atoms. The number of esters is 2. The summed E-state index contributed by atoms with van der Waals surface area (Å²) in [5.41, 5.74) is 5.36. The molecular weight excluding hydrogens is 762 g/mol. The maximum Gasteiger partial charge on any atom is 0.472 e. The normalized spacial score (nSPS) is 13.6. The van der Waals surface area contributed by atoms with Crippen LogP contribution in [0.1, 0.15) is 219 Å². The molecule has 0 saturated heterocycles. The maximum absolute atomic E-state index is 12.6. The highest BCUT2D eigenvalue weighted by Crippen LogP contribution is 2.43. The molecule has 0 aromatic rings. The fourth-order valence-electron chi connectivity index (χ4n) is 6.63. The van der Waals surface area contributed by atoms with Crippen LogP contribution in [0.3, 0.4) is 0 Å². The second kappa shape index (κ2) is 45.5. The van der Waals surface area contributed by atoms with Gasteiger partial charge >= 0.3 is 19.8 Å². The van der Waals surface area contributed by atoms with Gasteiger partial charge in [0.1, 0.15) is 6.61 Å². The highest BCUT2D eigenvalue weighted by atomic mass is 31.2. The lowest BCUT2D eigenvalue weighted by molar-refractivity contribution is -0.161. The molecular formula is C49H90NO8P. The first kappa shape index (κ1) is 57.0. The van der Waals surface area contributed by atoms with Gasteiger partial charge in [-0.25, -0.2) is 4.57 Å². The van der Waals surface area contributed by atoms with E-state index in [1.807, 2.05) is 0 Å². The topological polar surface area (TPSA) is 134 Å². The van der Waals surface area contributed by atoms with Gasteiger partial charge in [-0.05, 0) is 51.4 Å². The summed E-state index contributed by atoms with van der Waals surface area (Å²) in [6.45, 7) is 3.65. The molecule has 344 valence electrons. The summed E-state index contributed by atoms with van der Waals surface area (Å²) in [5, 5.41) is 0. The van der Waals surface area contributed by atoms with Crippen molar-refractivity contribution >= 4 is 19.8 Å². The first-order valence-electron chi connectivity index (χ1n) is 24.1. The Morgan fingerprint density at radius 2 is 0.915 bits per heavy atom. The van der Waals surface area contributed by atoms with Crippen LogP contribution in [0.2, 0.25) is 0 Å². The van der Waals surface area contributed by atoms with Crippen LogP contribution in [0, 0.1) is 0 Å². The lowest BCUT2D eigenvalue weighted by Gasteiger charge is -2.19. The van der Waals surface area contributed by atoms with Crippen LogP contribution in [0.25, 0.3) is 0 Å². The minimum atomic E-state index is -4.39. The summed E-state index contributed by atoms with van der Waals surface area (Å²) in [6.07, 6.45) is 52.9. The van der Waals surface area contributed by atoms with E-state index in [-0.39, 0.29) is 32.6 Å². The van der Waals surface area contributed by atoms with Gasteiger partial charge in [-0.3, -0.25) is 18.6 Å². The zero-order valence-corrected chi connectivity index (χ0v) is 38.9. The number of nitrogens with two attached hydrogens (primary N) is 1. The zero-order chi connectivity index (χ0) is 43.2. The van der Waals surface area contributed by atoms with Crippen molar-refractivity contribution in [2.45, 2.75) is 225 Å². The zero-order valence-electron chi connectivity index (χ0n) is 38.0. The predicted molar refractivity (Wildman–Crippen MR) is 247 cm³/mol. The molecule has 9 nitrogen and oxygen atoms in total. The highest BCUT2D eigenvalue weighted by Gasteiger charge is 2.26. The third-order valence-electron chi connectivity index (χ3n) is 10.2. The smallest absolute Gasteiger partial charge is 0.462 e. The molecule has 0 amide bonds. The van der Waals surface area contributed by atoms with Gasteiger partial charge in [0.15, 0.2) is 6.10 Å². The molecule has 0 aromatic heterocycles. The Bertz CT molecular complexity index is 1110. The Morgan fingerprint density at radius 3 is 1.37 bits per heavy atom. The Hall–Kier alpha value is -2.03. The van der Waals surface area contributed by atoms with Crippen molar-refractivity contribution in [3.05, 3.63) is 48.6 Å². The van der Waals surface area contributed by atoms with Gasteiger partial charge in [-0.15, -0.1) is 0 Å². The van der Waals surface area contributed by atoms with Crippen LogP contribution >= 0.6 is 7.82 Å². The fraction of sp³-hybridized carbons (Fsp3) is 0.796. The molecule has 3 N–H and O–H groups in total. The van der Waals surface area contributed by atoms with E-state index in [9.17, 15) is 19.0 Å². The summed E-state index contributed by atoms with van der Waals surface area (Å²) >= 11 is 0. The van der Waals surface area contributed by atoms with Gasteiger partial charge in [-0.2, -0.15) is 0 Å². The van der Waals surface area contributed by atoms with Crippen LogP contribution in [-0.4, -0.2) is 49.3 Å². The maximum atomic E-state index is 12.6. The standard InChI is InChI=1S/C49H90NO8P/c1-3-5-7-9-11-13-15-17-19-21-22-23-24-26-28-30-32-34-36-38-40-42-49(52)58-47(46-57-59(53,54)56-44-43-50)45-55-48(51)41-39-37-35-33-31-29-27-25-20-18-16-14-12-10-8-6-4-2/h8,10,14,16,20,25,29,31,47H,3-7,9,11-13,15,17-19,21-24,26-28,30,32-46,50H2,1-2H3,(H,53,54)/b10-8+,16-14+,25-20+,31-29+/t47-/m1/s1. The average Bonchev–Trinajstić information content (AvgIpc) is 3.22. The molecule has 0 saturated carbocycles. The molecule has 0 spiro atoms. The number of allylic oxidation sites excluding steroid dienone is 8. The van der Waals surface area contributed by atoms with Crippen molar-refractivity contribution in [3.8, 4) is 0 Å². The van der Waals surface area contributed by atoms with E-state index in [2.05, 4.69) is 62.5 Å². The number of carbonyl (C=O) groups excluding carboxylic acids is 2. The Kier molecular flexibility index (Phi) is 43.9. The second-order valence-electron chi connectivity index (χ2n) is 16.0. The second-order valence-corrected chi connectivity index (χ2v) is 17.4. The predicted octanol–water partition coefficient (Wildman–Crippen LogP) is 14.3. The van der Waals surface area contributed by atoms with E-state index in [4.69, 9.17) is 24.3 Å². The molecule has 0 bridgehead atoms. The lowest BCUT2D eigenvalue weighted by atomic mass is 10.0. The number of phosphoric ester groups is 1. The lowest BCUT2D eigenvalue weighted by Crippen LogP contribution is -2.29. The van der Waals surface area contributed by atoms with E-state index >= 15 is 0 Å². The SMILES string of the molecule is CCC/C=C/C/C=C/C/C=C/C/C=C/CCCCCC(=O)OC[C@H](COP(=O)(O)OCCN)OC(=O)CCCCCCCCCCCCCCCCCCCCCCC. The Balaban J connectivity index is 4.10. The number of ether oxygens (including phenoxy) is 2. The van der Waals surface area contributed by atoms with Gasteiger partial charge in [0.05, 0.1) is 13.2 Å². The van der Waals surface area contributed by atoms with Crippen LogP contribution in [0.4, 0.5) is 0 Å². The van der Waals surface area contributed by atoms with Gasteiger partial charge in [-0.1, -0.05) is 204 Å². The Labute approximate surface area is 362 Å². The molecule has 10 heteroatoms. The molecule has 0 fully saturated rings. The number of carbonyl (C=O) groups is 2. The number of phosphoric acid groups is 1. The molecule has 0 rings (SSSR count). The minimum absolute atomic E-state index is 0.0485. The van der Waals surface area contributed by atoms with Crippen molar-refractivity contribution in [3.63, 3.8) is 0 Å². The van der Waals surface area contributed by atoms with Crippen molar-refractivity contribution in [1.29, 1.82) is 0 Å². The van der Waals surface area contributed by atoms with E-state index in [0.717, 1.165) is 57.8 Å². The molecule has 0 aliphatic rings. The van der Waals surface area contributed by atoms with Gasteiger partial charge in [0, 0.05) is 19.4 Å². The van der Waals surface area contributed by atoms with Crippen molar-refractivity contribution in [1.82, 2.24) is 0 Å². The van der Waals surface area contributed by atoms with Crippen LogP contribution in [0.5, 0.6) is 0 Å². The first-order valence-corrected chi connectivity index (χ1v) is 25.6. The molecule has 0 aliphatic carbocycles. The van der Waals surface area contributed by atoms with Crippen LogP contribution in [-0.2, 0) is 32.7 Å². The first-order chi connectivity index (χ1) is 28.8. The summed E-state index contributed by atoms with van der Waals surface area (Å²) in [4.78, 5) is 35.0. The molecule has 2 atom stereocenters. The third kappa shape index (κ3) is 45.3. The molecule has 0 aromatic carbocycles. The summed E-state index contributed by atoms with van der Waals surface area (Å²) in [5.74, 6) is -0.858. The highest BCUT2D eigenvalue weighted by molar-refractivity contribution is 7.47. The van der Waals surface area contributed by atoms with Crippen molar-refractivity contribution in [2.75, 3.05) is 26.4 Å². The average molecular weight is 852 g/mol. The quantitative estimate of drug-likeness (QED) is 0.0266. The third-order valence-corrected chi connectivity index (χ3v) is 11.2. The molecule has 1 unspecified atom stereocenters.